The Balaban J connectivity index is 0.00000420. The van der Waals surface area contributed by atoms with Crippen molar-refractivity contribution < 1.29 is 17.9 Å². The maximum absolute atomic E-state index is 12.2. The SMILES string of the molecule is CCCN1CCC(NC(=NC)NCc2cccc(COCC(F)(F)F)c2)CC1.I. The third-order valence-electron chi connectivity index (χ3n) is 4.68. The fraction of sp³-hybridized carbons (Fsp3) is 0.650. The Labute approximate surface area is 188 Å². The molecule has 0 unspecified atom stereocenters. The first-order chi connectivity index (χ1) is 13.4. The zero-order valence-electron chi connectivity index (χ0n) is 17.1. The number of alkyl halides is 3. The van der Waals surface area contributed by atoms with Gasteiger partial charge in [0.2, 0.25) is 0 Å². The van der Waals surface area contributed by atoms with Gasteiger partial charge in [0.15, 0.2) is 5.96 Å². The lowest BCUT2D eigenvalue weighted by Gasteiger charge is -2.32. The molecular weight excluding hydrogens is 496 g/mol. The van der Waals surface area contributed by atoms with E-state index < -0.39 is 12.8 Å². The van der Waals surface area contributed by atoms with E-state index in [-0.39, 0.29) is 30.6 Å². The normalized spacial score (nSPS) is 16.4. The summed E-state index contributed by atoms with van der Waals surface area (Å²) in [4.78, 5) is 6.77. The molecule has 1 fully saturated rings. The number of benzene rings is 1. The zero-order valence-corrected chi connectivity index (χ0v) is 19.4. The molecule has 0 saturated carbocycles. The van der Waals surface area contributed by atoms with Gasteiger partial charge in [-0.1, -0.05) is 31.2 Å². The Kier molecular flexibility index (Phi) is 11.9. The number of guanidine groups is 1. The Hall–Kier alpha value is -1.07. The number of halogens is 4. The first-order valence-corrected chi connectivity index (χ1v) is 9.81. The maximum atomic E-state index is 12.2. The van der Waals surface area contributed by atoms with Gasteiger partial charge in [-0.2, -0.15) is 13.2 Å². The van der Waals surface area contributed by atoms with Crippen LogP contribution in [0.3, 0.4) is 0 Å². The lowest BCUT2D eigenvalue weighted by atomic mass is 10.1. The molecule has 1 aliphatic rings. The highest BCUT2D eigenvalue weighted by Crippen LogP contribution is 2.16. The van der Waals surface area contributed by atoms with Crippen molar-refractivity contribution in [3.8, 4) is 0 Å². The molecule has 1 aromatic rings. The van der Waals surface area contributed by atoms with Crippen molar-refractivity contribution in [2.75, 3.05) is 33.3 Å². The third kappa shape index (κ3) is 10.5. The van der Waals surface area contributed by atoms with E-state index in [1.807, 2.05) is 18.2 Å². The van der Waals surface area contributed by atoms with Gasteiger partial charge in [-0.15, -0.1) is 24.0 Å². The van der Waals surface area contributed by atoms with Crippen molar-refractivity contribution in [2.24, 2.45) is 4.99 Å². The first-order valence-electron chi connectivity index (χ1n) is 9.81. The smallest absolute Gasteiger partial charge is 0.367 e. The highest BCUT2D eigenvalue weighted by Gasteiger charge is 2.27. The number of piperidine rings is 1. The maximum Gasteiger partial charge on any atom is 0.411 e. The molecule has 0 bridgehead atoms. The van der Waals surface area contributed by atoms with Gasteiger partial charge in [-0.25, -0.2) is 0 Å². The van der Waals surface area contributed by atoms with Crippen LogP contribution in [0.4, 0.5) is 13.2 Å². The molecule has 1 aliphatic heterocycles. The molecule has 29 heavy (non-hydrogen) atoms. The number of hydrogen-bond donors (Lipinski definition) is 2. The van der Waals surface area contributed by atoms with Gasteiger partial charge >= 0.3 is 6.18 Å². The summed E-state index contributed by atoms with van der Waals surface area (Å²) in [7, 11) is 1.74. The predicted octanol–water partition coefficient (Wildman–Crippen LogP) is 3.92. The van der Waals surface area contributed by atoms with Gasteiger partial charge in [-0.3, -0.25) is 4.99 Å². The molecule has 0 spiro atoms. The minimum Gasteiger partial charge on any atom is -0.367 e. The topological polar surface area (TPSA) is 48.9 Å². The Morgan fingerprint density at radius 2 is 1.93 bits per heavy atom. The standard InChI is InChI=1S/C20H31F3N4O.HI/c1-3-9-27-10-7-18(8-11-27)26-19(24-2)25-13-16-5-4-6-17(12-16)14-28-15-20(21,22)23;/h4-6,12,18H,3,7-11,13-15H2,1-2H3,(H2,24,25,26);1H. The first kappa shape index (κ1) is 26.0. The summed E-state index contributed by atoms with van der Waals surface area (Å²) in [5.74, 6) is 0.743. The molecule has 0 radical (unpaired) electrons. The highest BCUT2D eigenvalue weighted by atomic mass is 127. The van der Waals surface area contributed by atoms with Crippen LogP contribution < -0.4 is 10.6 Å². The molecule has 0 atom stereocenters. The molecule has 1 saturated heterocycles. The van der Waals surface area contributed by atoms with E-state index in [4.69, 9.17) is 4.74 Å². The highest BCUT2D eigenvalue weighted by molar-refractivity contribution is 14.0. The lowest BCUT2D eigenvalue weighted by molar-refractivity contribution is -0.176. The van der Waals surface area contributed by atoms with Crippen LogP contribution in [-0.2, 0) is 17.9 Å². The molecule has 0 amide bonds. The van der Waals surface area contributed by atoms with Crippen molar-refractivity contribution in [3.63, 3.8) is 0 Å². The summed E-state index contributed by atoms with van der Waals surface area (Å²) in [6.45, 7) is 4.81. The predicted molar refractivity (Wildman–Crippen MR) is 121 cm³/mol. The van der Waals surface area contributed by atoms with Crippen LogP contribution in [0.1, 0.15) is 37.3 Å². The van der Waals surface area contributed by atoms with E-state index in [9.17, 15) is 13.2 Å². The number of aliphatic imine (C=N–C) groups is 1. The second-order valence-corrected chi connectivity index (χ2v) is 7.11. The van der Waals surface area contributed by atoms with Crippen molar-refractivity contribution >= 4 is 29.9 Å². The Bertz CT molecular complexity index is 620. The van der Waals surface area contributed by atoms with Crippen molar-refractivity contribution in [3.05, 3.63) is 35.4 Å². The summed E-state index contributed by atoms with van der Waals surface area (Å²) in [6, 6.07) is 7.76. The number of ether oxygens (including phenoxy) is 1. The van der Waals surface area contributed by atoms with Gasteiger partial charge in [0.1, 0.15) is 6.61 Å². The molecule has 1 aromatic carbocycles. The van der Waals surface area contributed by atoms with E-state index in [1.165, 1.54) is 6.42 Å². The van der Waals surface area contributed by atoms with E-state index in [1.54, 1.807) is 13.1 Å². The van der Waals surface area contributed by atoms with Crippen LogP contribution >= 0.6 is 24.0 Å². The fourth-order valence-corrected chi connectivity index (χ4v) is 3.30. The molecule has 0 aromatic heterocycles. The average Bonchev–Trinajstić information content (AvgIpc) is 2.66. The van der Waals surface area contributed by atoms with Crippen LogP contribution in [-0.4, -0.2) is 56.4 Å². The fourth-order valence-electron chi connectivity index (χ4n) is 3.30. The van der Waals surface area contributed by atoms with Crippen molar-refractivity contribution in [1.82, 2.24) is 15.5 Å². The number of likely N-dealkylation sites (tertiary alicyclic amines) is 1. The molecular formula is C20H32F3IN4O. The van der Waals surface area contributed by atoms with Gasteiger partial charge in [0.25, 0.3) is 0 Å². The molecule has 0 aliphatic carbocycles. The monoisotopic (exact) mass is 528 g/mol. The number of nitrogens with one attached hydrogen (secondary N) is 2. The summed E-state index contributed by atoms with van der Waals surface area (Å²) in [6.07, 6.45) is -0.939. The van der Waals surface area contributed by atoms with Crippen LogP contribution in [0.25, 0.3) is 0 Å². The van der Waals surface area contributed by atoms with Crippen molar-refractivity contribution in [1.29, 1.82) is 0 Å². The molecule has 2 rings (SSSR count). The largest absolute Gasteiger partial charge is 0.411 e. The zero-order chi connectivity index (χ0) is 20.4. The summed E-state index contributed by atoms with van der Waals surface area (Å²) in [5.41, 5.74) is 1.68. The van der Waals surface area contributed by atoms with Gasteiger partial charge in [0, 0.05) is 32.7 Å². The average molecular weight is 528 g/mol. The molecule has 1 heterocycles. The van der Waals surface area contributed by atoms with Crippen molar-refractivity contribution in [2.45, 2.75) is 51.6 Å². The molecule has 5 nitrogen and oxygen atoms in total. The third-order valence-corrected chi connectivity index (χ3v) is 4.68. The van der Waals surface area contributed by atoms with E-state index in [0.29, 0.717) is 12.6 Å². The van der Waals surface area contributed by atoms with Crippen LogP contribution in [0.5, 0.6) is 0 Å². The number of hydrogen-bond acceptors (Lipinski definition) is 3. The van der Waals surface area contributed by atoms with Crippen LogP contribution in [0, 0.1) is 0 Å². The van der Waals surface area contributed by atoms with E-state index in [0.717, 1.165) is 49.6 Å². The van der Waals surface area contributed by atoms with E-state index >= 15 is 0 Å². The van der Waals surface area contributed by atoms with Crippen LogP contribution in [0.2, 0.25) is 0 Å². The second-order valence-electron chi connectivity index (χ2n) is 7.11. The summed E-state index contributed by atoms with van der Waals surface area (Å²) < 4.78 is 41.3. The summed E-state index contributed by atoms with van der Waals surface area (Å²) in [5, 5.41) is 6.75. The summed E-state index contributed by atoms with van der Waals surface area (Å²) >= 11 is 0. The molecule has 166 valence electrons. The molecule has 2 N–H and O–H groups in total. The lowest BCUT2D eigenvalue weighted by Crippen LogP contribution is -2.48. The number of rotatable bonds is 8. The number of nitrogens with zero attached hydrogens (tertiary/aromatic N) is 2. The van der Waals surface area contributed by atoms with E-state index in [2.05, 4.69) is 27.4 Å². The van der Waals surface area contributed by atoms with Gasteiger partial charge in [-0.05, 0) is 36.9 Å². The van der Waals surface area contributed by atoms with Gasteiger partial charge < -0.3 is 20.3 Å². The quantitative estimate of drug-likeness (QED) is 0.305. The minimum absolute atomic E-state index is 0. The Morgan fingerprint density at radius 1 is 1.24 bits per heavy atom. The second kappa shape index (κ2) is 13.3. The van der Waals surface area contributed by atoms with Crippen LogP contribution in [0.15, 0.2) is 29.3 Å². The Morgan fingerprint density at radius 3 is 2.55 bits per heavy atom. The minimum atomic E-state index is -4.30. The van der Waals surface area contributed by atoms with Gasteiger partial charge in [0.05, 0.1) is 6.61 Å². The molecule has 9 heteroatoms.